The minimum absolute atomic E-state index is 0.0283. The lowest BCUT2D eigenvalue weighted by Crippen LogP contribution is -2.70. The van der Waals surface area contributed by atoms with Gasteiger partial charge in [-0.05, 0) is 40.5 Å². The van der Waals surface area contributed by atoms with Crippen LogP contribution in [0.4, 0.5) is 17.3 Å². The zero-order valence-corrected chi connectivity index (χ0v) is 13.1. The molecule has 1 heterocycles. The largest absolute Gasteiger partial charge is 0.673 e. The maximum Gasteiger partial charge on any atom is 0.673 e. The number of rotatable bonds is 2. The normalized spacial score (nSPS) is 22.2. The minimum atomic E-state index is -6.00. The lowest BCUT2D eigenvalue weighted by molar-refractivity contribution is -0.768. The monoisotopic (exact) mass is 317 g/mol. The third-order valence-corrected chi connectivity index (χ3v) is 3.13. The Kier molecular flexibility index (Phi) is 6.64. The van der Waals surface area contributed by atoms with Crippen molar-refractivity contribution in [1.29, 1.82) is 0 Å². The fourth-order valence-electron chi connectivity index (χ4n) is 3.00. The summed E-state index contributed by atoms with van der Waals surface area (Å²) < 4.78 is 39.0. The van der Waals surface area contributed by atoms with Crippen molar-refractivity contribution in [3.05, 3.63) is 0 Å². The Hall–Kier alpha value is -0.865. The number of quaternary nitrogens is 1. The van der Waals surface area contributed by atoms with E-state index in [0.717, 1.165) is 12.8 Å². The Bertz CT molecular complexity index is 340. The second-order valence-electron chi connectivity index (χ2n) is 6.35. The maximum atomic E-state index is 11.1. The molecule has 0 atom stereocenters. The number of nitrogens with one attached hydrogen (secondary N) is 1. The second kappa shape index (κ2) is 6.93. The fraction of sp³-hybridized carbons (Fsp3) is 0.909. The summed E-state index contributed by atoms with van der Waals surface area (Å²) in [4.78, 5) is 16.4. The van der Waals surface area contributed by atoms with Crippen molar-refractivity contribution in [2.75, 3.05) is 0 Å². The average Bonchev–Trinajstić information content (AvgIpc) is 2.08. The van der Waals surface area contributed by atoms with E-state index >= 15 is 0 Å². The maximum absolute atomic E-state index is 11.1. The van der Waals surface area contributed by atoms with Gasteiger partial charge in [0.2, 0.25) is 5.91 Å². The van der Waals surface area contributed by atoms with Crippen LogP contribution in [0, 0.1) is 0 Å². The predicted octanol–water partition coefficient (Wildman–Crippen LogP) is 1.53. The van der Waals surface area contributed by atoms with Gasteiger partial charge in [-0.3, -0.25) is 4.79 Å². The van der Waals surface area contributed by atoms with E-state index in [1.165, 1.54) is 0 Å². The zero-order valence-electron chi connectivity index (χ0n) is 13.1. The van der Waals surface area contributed by atoms with Gasteiger partial charge in [0.25, 0.3) is 0 Å². The van der Waals surface area contributed by atoms with Crippen LogP contribution in [0.3, 0.4) is 0 Å². The summed E-state index contributed by atoms with van der Waals surface area (Å²) in [5.41, 5.74) is -0.257. The molecule has 0 aromatic rings. The molecule has 0 radical (unpaired) electrons. The molecule has 0 saturated carbocycles. The van der Waals surface area contributed by atoms with E-state index in [1.807, 2.05) is 5.06 Å². The van der Waals surface area contributed by atoms with Crippen molar-refractivity contribution < 1.29 is 32.9 Å². The molecule has 126 valence electrons. The minimum Gasteiger partial charge on any atom is -0.418 e. The van der Waals surface area contributed by atoms with Crippen molar-refractivity contribution in [2.24, 2.45) is 0 Å². The number of amides is 1. The summed E-state index contributed by atoms with van der Waals surface area (Å²) in [6, 6.07) is 0.203. The van der Waals surface area contributed by atoms with Crippen LogP contribution in [-0.2, 0) is 9.73 Å². The van der Waals surface area contributed by atoms with Gasteiger partial charge < -0.3 is 22.6 Å². The van der Waals surface area contributed by atoms with Crippen LogP contribution in [0.15, 0.2) is 0 Å². The van der Waals surface area contributed by atoms with E-state index in [1.54, 1.807) is 6.92 Å². The first-order valence-electron chi connectivity index (χ1n) is 6.56. The Morgan fingerprint density at radius 2 is 1.52 bits per heavy atom. The molecule has 1 saturated heterocycles. The summed E-state index contributed by atoms with van der Waals surface area (Å²) in [7, 11) is -6.00. The van der Waals surface area contributed by atoms with Crippen molar-refractivity contribution in [3.8, 4) is 0 Å². The lowest BCUT2D eigenvalue weighted by Gasteiger charge is -2.51. The summed E-state index contributed by atoms with van der Waals surface area (Å²) in [5, 5.41) is 4.92. The van der Waals surface area contributed by atoms with Crippen LogP contribution < -0.4 is 11.2 Å². The molecule has 1 amide bonds. The molecule has 1 rings (SSSR count). The van der Waals surface area contributed by atoms with Crippen molar-refractivity contribution >= 4 is 13.2 Å². The molecule has 1 fully saturated rings. The second-order valence-corrected chi connectivity index (χ2v) is 6.35. The molecule has 4 N–H and O–H groups in total. The van der Waals surface area contributed by atoms with Gasteiger partial charge in [0.15, 0.2) is 0 Å². The number of piperidine rings is 1. The predicted molar refractivity (Wildman–Crippen MR) is 71.0 cm³/mol. The highest BCUT2D eigenvalue weighted by Crippen LogP contribution is 2.37. The van der Waals surface area contributed by atoms with E-state index in [4.69, 9.17) is 4.94 Å². The summed E-state index contributed by atoms with van der Waals surface area (Å²) in [5.74, 6) is 3.55. The van der Waals surface area contributed by atoms with Crippen LogP contribution >= 0.6 is 0 Å². The van der Waals surface area contributed by atoms with E-state index in [9.17, 15) is 22.1 Å². The SMILES string of the molecule is CC(=O)NC1CC(C)(C)N(O[NH3+])C(C)(C)C1.F[B-](F)(F)F. The number of hydrogen-bond donors (Lipinski definition) is 2. The smallest absolute Gasteiger partial charge is 0.418 e. The van der Waals surface area contributed by atoms with Crippen molar-refractivity contribution in [1.82, 2.24) is 10.4 Å². The van der Waals surface area contributed by atoms with Gasteiger partial charge in [-0.1, -0.05) is 0 Å². The van der Waals surface area contributed by atoms with Gasteiger partial charge in [-0.2, -0.15) is 5.90 Å². The van der Waals surface area contributed by atoms with Gasteiger partial charge in [0.1, 0.15) is 0 Å². The molecule has 0 aliphatic carbocycles. The van der Waals surface area contributed by atoms with Gasteiger partial charge in [0.05, 0.1) is 0 Å². The van der Waals surface area contributed by atoms with Crippen LogP contribution in [0.25, 0.3) is 0 Å². The Morgan fingerprint density at radius 1 is 1.19 bits per heavy atom. The number of hydroxylamine groups is 2. The van der Waals surface area contributed by atoms with Crippen LogP contribution in [0.2, 0.25) is 0 Å². The Labute approximate surface area is 122 Å². The van der Waals surface area contributed by atoms with Gasteiger partial charge in [0, 0.05) is 24.0 Å². The van der Waals surface area contributed by atoms with Crippen LogP contribution in [0.1, 0.15) is 47.5 Å². The standard InChI is InChI=1S/C11H23N3O2.BF4/c1-8(15)13-9-6-10(2,3)14(16-12)11(4,5)7-9;2-1(3,4)5/h9H,6-7H2,1-5,12H3;/q;-1/p+1. The number of halogens is 4. The Morgan fingerprint density at radius 3 is 1.76 bits per heavy atom. The molecule has 0 bridgehead atoms. The highest BCUT2D eigenvalue weighted by atomic mass is 19.5. The molecule has 5 nitrogen and oxygen atoms in total. The van der Waals surface area contributed by atoms with Crippen molar-refractivity contribution in [3.63, 3.8) is 0 Å². The Balaban J connectivity index is 0.000000690. The third kappa shape index (κ3) is 7.63. The molecule has 1 aliphatic heterocycles. The van der Waals surface area contributed by atoms with Crippen molar-refractivity contribution in [2.45, 2.75) is 64.6 Å². The quantitative estimate of drug-likeness (QED) is 0.461. The van der Waals surface area contributed by atoms with Gasteiger partial charge in [-0.25, -0.2) is 0 Å². The zero-order chi connectivity index (χ0) is 17.1. The topological polar surface area (TPSA) is 69.2 Å². The highest BCUT2D eigenvalue weighted by Gasteiger charge is 2.47. The van der Waals surface area contributed by atoms with Crippen LogP contribution in [-0.4, -0.2) is 35.3 Å². The molecule has 10 heteroatoms. The summed E-state index contributed by atoms with van der Waals surface area (Å²) in [6.45, 7) is 9.98. The first kappa shape index (κ1) is 20.1. The molecule has 0 unspecified atom stereocenters. The molecular formula is C11H24BF4N3O2. The summed E-state index contributed by atoms with van der Waals surface area (Å²) >= 11 is 0. The molecule has 0 aromatic heterocycles. The third-order valence-electron chi connectivity index (χ3n) is 3.13. The number of hydrogen-bond acceptors (Lipinski definition) is 3. The molecule has 0 aromatic carbocycles. The molecule has 21 heavy (non-hydrogen) atoms. The fourth-order valence-corrected chi connectivity index (χ4v) is 3.00. The van der Waals surface area contributed by atoms with Crippen LogP contribution in [0.5, 0.6) is 0 Å². The van der Waals surface area contributed by atoms with E-state index in [0.29, 0.717) is 0 Å². The number of nitrogens with zero attached hydrogens (tertiary/aromatic N) is 1. The van der Waals surface area contributed by atoms with Gasteiger partial charge in [-0.15, -0.1) is 10.0 Å². The average molecular weight is 317 g/mol. The number of carbonyl (C=O) groups excluding carboxylic acids is 1. The number of carbonyl (C=O) groups is 1. The first-order chi connectivity index (χ1) is 9.19. The first-order valence-corrected chi connectivity index (χ1v) is 6.56. The van der Waals surface area contributed by atoms with E-state index in [-0.39, 0.29) is 23.0 Å². The summed E-state index contributed by atoms with van der Waals surface area (Å²) in [6.07, 6.45) is 1.73. The molecular weight excluding hydrogens is 293 g/mol. The highest BCUT2D eigenvalue weighted by molar-refractivity contribution is 6.50. The van der Waals surface area contributed by atoms with E-state index in [2.05, 4.69) is 38.9 Å². The van der Waals surface area contributed by atoms with Gasteiger partial charge >= 0.3 is 7.25 Å². The lowest BCUT2D eigenvalue weighted by atomic mass is 9.79. The molecule has 1 aliphatic rings. The van der Waals surface area contributed by atoms with E-state index < -0.39 is 7.25 Å². The molecule has 0 spiro atoms.